The van der Waals surface area contributed by atoms with Crippen LogP contribution in [0.3, 0.4) is 0 Å². The van der Waals surface area contributed by atoms with Crippen LogP contribution in [0.25, 0.3) is 5.69 Å². The third-order valence-corrected chi connectivity index (χ3v) is 5.11. The lowest BCUT2D eigenvalue weighted by molar-refractivity contribution is 0.0601. The van der Waals surface area contributed by atoms with E-state index in [1.54, 1.807) is 13.2 Å². The summed E-state index contributed by atoms with van der Waals surface area (Å²) >= 11 is 0. The number of hydrogen-bond donors (Lipinski definition) is 1. The van der Waals surface area contributed by atoms with Gasteiger partial charge >= 0.3 is 5.97 Å². The first-order valence-electron chi connectivity index (χ1n) is 9.49. The van der Waals surface area contributed by atoms with Crippen LogP contribution in [0.15, 0.2) is 48.5 Å². The minimum absolute atomic E-state index is 0.408. The molecule has 7 nitrogen and oxygen atoms in total. The summed E-state index contributed by atoms with van der Waals surface area (Å²) in [4.78, 5) is 14.6. The number of methoxy groups -OCH3 is 2. The molecule has 2 heterocycles. The highest BCUT2D eigenvalue weighted by atomic mass is 16.5. The molecule has 3 aromatic rings. The highest BCUT2D eigenvalue weighted by Gasteiger charge is 2.25. The summed E-state index contributed by atoms with van der Waals surface area (Å²) in [7, 11) is 5.04. The van der Waals surface area contributed by atoms with Gasteiger partial charge in [0.1, 0.15) is 11.6 Å². The van der Waals surface area contributed by atoms with E-state index < -0.39 is 5.97 Å². The Labute approximate surface area is 169 Å². The van der Waals surface area contributed by atoms with Crippen molar-refractivity contribution in [2.24, 2.45) is 0 Å². The number of likely N-dealkylation sites (N-methyl/N-ethyl adjacent to an activating group) is 1. The molecule has 0 unspecified atom stereocenters. The molecular weight excluding hydrogens is 368 g/mol. The van der Waals surface area contributed by atoms with Gasteiger partial charge in [-0.3, -0.25) is 0 Å². The molecule has 0 fully saturated rings. The largest absolute Gasteiger partial charge is 0.497 e. The molecule has 0 aliphatic carbocycles. The smallest absolute Gasteiger partial charge is 0.340 e. The number of rotatable bonds is 5. The van der Waals surface area contributed by atoms with E-state index in [1.807, 2.05) is 47.1 Å². The highest BCUT2D eigenvalue weighted by molar-refractivity contribution is 5.97. The van der Waals surface area contributed by atoms with Crippen LogP contribution in [-0.2, 0) is 17.7 Å². The number of para-hydroxylation sites is 1. The van der Waals surface area contributed by atoms with Crippen molar-refractivity contribution >= 4 is 17.5 Å². The van der Waals surface area contributed by atoms with E-state index in [2.05, 4.69) is 17.3 Å². The van der Waals surface area contributed by atoms with E-state index in [4.69, 9.17) is 14.6 Å². The van der Waals surface area contributed by atoms with Gasteiger partial charge < -0.3 is 19.7 Å². The Morgan fingerprint density at radius 1 is 1.14 bits per heavy atom. The summed E-state index contributed by atoms with van der Waals surface area (Å²) in [5.41, 5.74) is 4.22. The third-order valence-electron chi connectivity index (χ3n) is 5.11. The van der Waals surface area contributed by atoms with Crippen LogP contribution in [0.1, 0.15) is 21.6 Å². The second-order valence-corrected chi connectivity index (χ2v) is 7.04. The van der Waals surface area contributed by atoms with Gasteiger partial charge in [0.15, 0.2) is 0 Å². The van der Waals surface area contributed by atoms with Crippen molar-refractivity contribution < 1.29 is 14.3 Å². The maximum absolute atomic E-state index is 12.4. The molecule has 1 N–H and O–H groups in total. The molecule has 0 spiro atoms. The molecule has 0 saturated heterocycles. The molecule has 150 valence electrons. The van der Waals surface area contributed by atoms with Crippen molar-refractivity contribution in [1.29, 1.82) is 0 Å². The number of fused-ring (bicyclic) bond motifs is 1. The average molecular weight is 392 g/mol. The zero-order chi connectivity index (χ0) is 20.4. The van der Waals surface area contributed by atoms with E-state index in [-0.39, 0.29) is 0 Å². The molecule has 0 saturated carbocycles. The number of benzene rings is 2. The molecule has 1 aliphatic heterocycles. The Bertz CT molecular complexity index is 1030. The van der Waals surface area contributed by atoms with Gasteiger partial charge in [0.25, 0.3) is 0 Å². The SMILES string of the molecule is COC(=O)c1cc(OC)ccc1Nc1c2c(nn1-c1ccccc1)CCN(C)C2. The number of hydrogen-bond acceptors (Lipinski definition) is 6. The quantitative estimate of drug-likeness (QED) is 0.671. The lowest BCUT2D eigenvalue weighted by atomic mass is 10.1. The highest BCUT2D eigenvalue weighted by Crippen LogP contribution is 2.33. The summed E-state index contributed by atoms with van der Waals surface area (Å²) in [5.74, 6) is 1.02. The Morgan fingerprint density at radius 2 is 1.93 bits per heavy atom. The second kappa shape index (κ2) is 7.97. The molecule has 0 radical (unpaired) electrons. The zero-order valence-electron chi connectivity index (χ0n) is 16.8. The molecular formula is C22H24N4O3. The van der Waals surface area contributed by atoms with Crippen LogP contribution < -0.4 is 10.1 Å². The molecule has 0 bridgehead atoms. The van der Waals surface area contributed by atoms with Gasteiger partial charge in [-0.05, 0) is 37.4 Å². The number of carbonyl (C=O) groups excluding carboxylic acids is 1. The number of ether oxygens (including phenoxy) is 2. The number of esters is 1. The van der Waals surface area contributed by atoms with Crippen molar-refractivity contribution in [2.45, 2.75) is 13.0 Å². The minimum atomic E-state index is -0.428. The van der Waals surface area contributed by atoms with E-state index >= 15 is 0 Å². The number of nitrogens with zero attached hydrogens (tertiary/aromatic N) is 3. The Balaban J connectivity index is 1.83. The summed E-state index contributed by atoms with van der Waals surface area (Å²) in [6.45, 7) is 1.75. The normalized spacial score (nSPS) is 13.6. The molecule has 0 atom stereocenters. The monoisotopic (exact) mass is 392 g/mol. The predicted molar refractivity (Wildman–Crippen MR) is 111 cm³/mol. The van der Waals surface area contributed by atoms with Crippen LogP contribution in [0.4, 0.5) is 11.5 Å². The Morgan fingerprint density at radius 3 is 2.66 bits per heavy atom. The molecule has 0 amide bonds. The third kappa shape index (κ3) is 3.69. The van der Waals surface area contributed by atoms with Crippen LogP contribution in [0.5, 0.6) is 5.75 Å². The van der Waals surface area contributed by atoms with Crippen molar-refractivity contribution in [3.8, 4) is 11.4 Å². The van der Waals surface area contributed by atoms with E-state index in [9.17, 15) is 4.79 Å². The summed E-state index contributed by atoms with van der Waals surface area (Å²) in [6, 6.07) is 15.3. The van der Waals surface area contributed by atoms with Gasteiger partial charge in [-0.2, -0.15) is 5.10 Å². The standard InChI is InChI=1S/C22H24N4O3/c1-25-12-11-20-18(14-25)21(26(24-20)15-7-5-4-6-8-15)23-19-10-9-16(28-2)13-17(19)22(27)29-3/h4-10,13,23H,11-12,14H2,1-3H3. The van der Waals surface area contributed by atoms with E-state index in [0.29, 0.717) is 17.0 Å². The Kier molecular flexibility index (Phi) is 5.22. The summed E-state index contributed by atoms with van der Waals surface area (Å²) < 4.78 is 12.2. The van der Waals surface area contributed by atoms with E-state index in [0.717, 1.165) is 42.3 Å². The maximum Gasteiger partial charge on any atom is 0.340 e. The lowest BCUT2D eigenvalue weighted by Gasteiger charge is -2.22. The lowest BCUT2D eigenvalue weighted by Crippen LogP contribution is -2.26. The number of anilines is 2. The number of aromatic nitrogens is 2. The first-order chi connectivity index (χ1) is 14.1. The van der Waals surface area contributed by atoms with E-state index in [1.165, 1.54) is 7.11 Å². The topological polar surface area (TPSA) is 68.6 Å². The van der Waals surface area contributed by atoms with Crippen LogP contribution in [-0.4, -0.2) is 48.5 Å². The molecule has 1 aliphatic rings. The first kappa shape index (κ1) is 19.0. The van der Waals surface area contributed by atoms with Crippen molar-refractivity contribution in [1.82, 2.24) is 14.7 Å². The van der Waals surface area contributed by atoms with Crippen molar-refractivity contribution in [2.75, 3.05) is 33.1 Å². The maximum atomic E-state index is 12.4. The molecule has 29 heavy (non-hydrogen) atoms. The van der Waals surface area contributed by atoms with Gasteiger partial charge in [-0.15, -0.1) is 0 Å². The van der Waals surface area contributed by atoms with Gasteiger partial charge in [0.05, 0.1) is 36.9 Å². The second-order valence-electron chi connectivity index (χ2n) is 7.04. The van der Waals surface area contributed by atoms with Gasteiger partial charge in [0.2, 0.25) is 0 Å². The predicted octanol–water partition coefficient (Wildman–Crippen LogP) is 3.40. The van der Waals surface area contributed by atoms with Gasteiger partial charge in [-0.1, -0.05) is 18.2 Å². The summed E-state index contributed by atoms with van der Waals surface area (Å²) in [5, 5.41) is 8.32. The van der Waals surface area contributed by atoms with Crippen LogP contribution in [0.2, 0.25) is 0 Å². The fraction of sp³-hybridized carbons (Fsp3) is 0.273. The van der Waals surface area contributed by atoms with Crippen LogP contribution >= 0.6 is 0 Å². The van der Waals surface area contributed by atoms with Crippen molar-refractivity contribution in [3.05, 3.63) is 65.4 Å². The average Bonchev–Trinajstić information content (AvgIpc) is 3.11. The number of carbonyl (C=O) groups is 1. The molecule has 2 aromatic carbocycles. The fourth-order valence-corrected chi connectivity index (χ4v) is 3.56. The molecule has 4 rings (SSSR count). The zero-order valence-corrected chi connectivity index (χ0v) is 16.8. The molecule has 7 heteroatoms. The fourth-order valence-electron chi connectivity index (χ4n) is 3.56. The Hall–Kier alpha value is -3.32. The van der Waals surface area contributed by atoms with Crippen molar-refractivity contribution in [3.63, 3.8) is 0 Å². The molecule has 1 aromatic heterocycles. The van der Waals surface area contributed by atoms with Gasteiger partial charge in [0, 0.05) is 25.1 Å². The first-order valence-corrected chi connectivity index (χ1v) is 9.49. The van der Waals surface area contributed by atoms with Crippen LogP contribution in [0, 0.1) is 0 Å². The number of nitrogens with one attached hydrogen (secondary N) is 1. The summed E-state index contributed by atoms with van der Waals surface area (Å²) in [6.07, 6.45) is 0.882. The minimum Gasteiger partial charge on any atom is -0.497 e. The van der Waals surface area contributed by atoms with Gasteiger partial charge in [-0.25, -0.2) is 9.48 Å².